The summed E-state index contributed by atoms with van der Waals surface area (Å²) in [5.41, 5.74) is 3.49. The highest BCUT2D eigenvalue weighted by atomic mass is 35.5. The zero-order valence-corrected chi connectivity index (χ0v) is 16.3. The number of pyridine rings is 1. The molecule has 2 heterocycles. The third-order valence-corrected chi connectivity index (χ3v) is 4.69. The number of hydrogen-bond donors (Lipinski definition) is 1. The van der Waals surface area contributed by atoms with Crippen LogP contribution in [0.1, 0.15) is 16.1 Å². The van der Waals surface area contributed by atoms with Crippen LogP contribution < -0.4 is 5.32 Å². The van der Waals surface area contributed by atoms with Gasteiger partial charge in [0.1, 0.15) is 5.69 Å². The van der Waals surface area contributed by atoms with Crippen LogP contribution in [0.25, 0.3) is 16.9 Å². The summed E-state index contributed by atoms with van der Waals surface area (Å²) in [6.07, 6.45) is 4.10. The number of carbonyl (C=O) groups is 1. The molecular weight excluding hydrogens is 386 g/mol. The summed E-state index contributed by atoms with van der Waals surface area (Å²) in [7, 11) is 0. The summed E-state index contributed by atoms with van der Waals surface area (Å²) in [6.45, 7) is 0.503. The average Bonchev–Trinajstić information content (AvgIpc) is 3.21. The van der Waals surface area contributed by atoms with Gasteiger partial charge in [0.05, 0.1) is 5.69 Å². The number of nitrogens with zero attached hydrogens (tertiary/aromatic N) is 4. The molecule has 4 rings (SSSR count). The van der Waals surface area contributed by atoms with Crippen LogP contribution in [0.5, 0.6) is 0 Å². The molecule has 0 spiro atoms. The first-order chi connectivity index (χ1) is 14.2. The zero-order chi connectivity index (χ0) is 20.1. The molecule has 2 aromatic carbocycles. The SMILES string of the molecule is O=C(NCCc1ccccc1)c1nnn(-c2ccc(Cl)cc2)c1-c1cccnc1. The molecule has 4 aromatic rings. The molecule has 0 radical (unpaired) electrons. The Balaban J connectivity index is 1.62. The monoisotopic (exact) mass is 403 g/mol. The number of rotatable bonds is 6. The van der Waals surface area contributed by atoms with Crippen molar-refractivity contribution in [2.24, 2.45) is 0 Å². The van der Waals surface area contributed by atoms with Gasteiger partial charge in [0, 0.05) is 29.5 Å². The Hall–Kier alpha value is -3.51. The lowest BCUT2D eigenvalue weighted by Gasteiger charge is -2.09. The quantitative estimate of drug-likeness (QED) is 0.529. The second-order valence-electron chi connectivity index (χ2n) is 6.41. The highest BCUT2D eigenvalue weighted by Gasteiger charge is 2.22. The number of aromatic nitrogens is 4. The standard InChI is InChI=1S/C22H18ClN5O/c23-18-8-10-19(11-9-18)28-21(17-7-4-13-24-15-17)20(26-27-28)22(29)25-14-12-16-5-2-1-3-6-16/h1-11,13,15H,12,14H2,(H,25,29). The summed E-state index contributed by atoms with van der Waals surface area (Å²) in [4.78, 5) is 17.0. The van der Waals surface area contributed by atoms with Crippen LogP contribution in [0.3, 0.4) is 0 Å². The lowest BCUT2D eigenvalue weighted by atomic mass is 10.1. The van der Waals surface area contributed by atoms with Crippen molar-refractivity contribution >= 4 is 17.5 Å². The van der Waals surface area contributed by atoms with Gasteiger partial charge in [-0.25, -0.2) is 4.68 Å². The Bertz CT molecular complexity index is 1100. The minimum Gasteiger partial charge on any atom is -0.350 e. The molecule has 0 saturated heterocycles. The van der Waals surface area contributed by atoms with Crippen LogP contribution in [-0.4, -0.2) is 32.4 Å². The molecule has 6 nitrogen and oxygen atoms in total. The number of carbonyl (C=O) groups excluding carboxylic acids is 1. The number of halogens is 1. The van der Waals surface area contributed by atoms with Crippen LogP contribution >= 0.6 is 11.6 Å². The molecular formula is C22H18ClN5O. The van der Waals surface area contributed by atoms with Gasteiger partial charge in [-0.2, -0.15) is 0 Å². The Labute approximate surface area is 173 Å². The molecule has 1 amide bonds. The van der Waals surface area contributed by atoms with E-state index in [1.165, 1.54) is 0 Å². The van der Waals surface area contributed by atoms with Crippen molar-refractivity contribution in [1.29, 1.82) is 0 Å². The minimum atomic E-state index is -0.278. The van der Waals surface area contributed by atoms with E-state index < -0.39 is 0 Å². The highest BCUT2D eigenvalue weighted by Crippen LogP contribution is 2.25. The van der Waals surface area contributed by atoms with Gasteiger partial charge in [0.25, 0.3) is 5.91 Å². The smallest absolute Gasteiger partial charge is 0.274 e. The molecule has 29 heavy (non-hydrogen) atoms. The van der Waals surface area contributed by atoms with Gasteiger partial charge in [-0.1, -0.05) is 47.1 Å². The Morgan fingerprint density at radius 3 is 2.52 bits per heavy atom. The lowest BCUT2D eigenvalue weighted by molar-refractivity contribution is 0.0950. The minimum absolute atomic E-state index is 0.251. The summed E-state index contributed by atoms with van der Waals surface area (Å²) in [5, 5.41) is 11.9. The lowest BCUT2D eigenvalue weighted by Crippen LogP contribution is -2.26. The van der Waals surface area contributed by atoms with E-state index in [-0.39, 0.29) is 11.6 Å². The molecule has 2 aromatic heterocycles. The Kier molecular flexibility index (Phi) is 5.63. The molecule has 1 N–H and O–H groups in total. The number of amides is 1. The predicted molar refractivity (Wildman–Crippen MR) is 112 cm³/mol. The van der Waals surface area contributed by atoms with Crippen molar-refractivity contribution in [3.8, 4) is 16.9 Å². The third-order valence-electron chi connectivity index (χ3n) is 4.43. The van der Waals surface area contributed by atoms with E-state index in [1.54, 1.807) is 29.2 Å². The zero-order valence-electron chi connectivity index (χ0n) is 15.5. The van der Waals surface area contributed by atoms with E-state index in [4.69, 9.17) is 11.6 Å². The summed E-state index contributed by atoms with van der Waals surface area (Å²) in [5.74, 6) is -0.278. The fourth-order valence-electron chi connectivity index (χ4n) is 3.01. The van der Waals surface area contributed by atoms with E-state index in [0.29, 0.717) is 17.3 Å². The molecule has 0 aliphatic heterocycles. The van der Waals surface area contributed by atoms with E-state index in [1.807, 2.05) is 54.6 Å². The molecule has 0 aliphatic rings. The largest absolute Gasteiger partial charge is 0.350 e. The van der Waals surface area contributed by atoms with E-state index >= 15 is 0 Å². The predicted octanol–water partition coefficient (Wildman–Crippen LogP) is 3.96. The van der Waals surface area contributed by atoms with Crippen molar-refractivity contribution in [1.82, 2.24) is 25.3 Å². The fourth-order valence-corrected chi connectivity index (χ4v) is 3.13. The topological polar surface area (TPSA) is 72.7 Å². The maximum atomic E-state index is 12.9. The maximum absolute atomic E-state index is 12.9. The molecule has 0 unspecified atom stereocenters. The van der Waals surface area contributed by atoms with E-state index in [2.05, 4.69) is 20.6 Å². The van der Waals surface area contributed by atoms with Crippen LogP contribution in [-0.2, 0) is 6.42 Å². The van der Waals surface area contributed by atoms with Crippen LogP contribution in [0.15, 0.2) is 79.1 Å². The van der Waals surface area contributed by atoms with Crippen LogP contribution in [0.2, 0.25) is 5.02 Å². The molecule has 0 saturated carbocycles. The highest BCUT2D eigenvalue weighted by molar-refractivity contribution is 6.30. The van der Waals surface area contributed by atoms with E-state index in [9.17, 15) is 4.79 Å². The summed E-state index contributed by atoms with van der Waals surface area (Å²) in [6, 6.07) is 20.9. The first-order valence-corrected chi connectivity index (χ1v) is 9.54. The summed E-state index contributed by atoms with van der Waals surface area (Å²) < 4.78 is 1.62. The number of hydrogen-bond acceptors (Lipinski definition) is 4. The number of benzene rings is 2. The van der Waals surface area contributed by atoms with Gasteiger partial charge in [-0.3, -0.25) is 9.78 Å². The Morgan fingerprint density at radius 1 is 1.00 bits per heavy atom. The van der Waals surface area contributed by atoms with Crippen molar-refractivity contribution in [2.45, 2.75) is 6.42 Å². The van der Waals surface area contributed by atoms with Crippen LogP contribution in [0, 0.1) is 0 Å². The second kappa shape index (κ2) is 8.67. The van der Waals surface area contributed by atoms with Crippen molar-refractivity contribution in [2.75, 3.05) is 6.54 Å². The van der Waals surface area contributed by atoms with Gasteiger partial charge >= 0.3 is 0 Å². The first kappa shape index (κ1) is 18.8. The molecule has 0 fully saturated rings. The van der Waals surface area contributed by atoms with Crippen molar-refractivity contribution in [3.63, 3.8) is 0 Å². The maximum Gasteiger partial charge on any atom is 0.274 e. The summed E-state index contributed by atoms with van der Waals surface area (Å²) >= 11 is 6.00. The van der Waals surface area contributed by atoms with Gasteiger partial charge in [0.15, 0.2) is 5.69 Å². The molecule has 144 valence electrons. The molecule has 0 bridgehead atoms. The van der Waals surface area contributed by atoms with Gasteiger partial charge < -0.3 is 5.32 Å². The second-order valence-corrected chi connectivity index (χ2v) is 6.84. The van der Waals surface area contributed by atoms with E-state index in [0.717, 1.165) is 23.2 Å². The van der Waals surface area contributed by atoms with Crippen molar-refractivity contribution in [3.05, 3.63) is 95.4 Å². The van der Waals surface area contributed by atoms with Gasteiger partial charge in [0.2, 0.25) is 0 Å². The van der Waals surface area contributed by atoms with Gasteiger partial charge in [-0.05, 0) is 48.4 Å². The first-order valence-electron chi connectivity index (χ1n) is 9.16. The molecule has 0 aliphatic carbocycles. The Morgan fingerprint density at radius 2 is 1.79 bits per heavy atom. The van der Waals surface area contributed by atoms with Crippen LogP contribution in [0.4, 0.5) is 0 Å². The fraction of sp³-hybridized carbons (Fsp3) is 0.0909. The van der Waals surface area contributed by atoms with Gasteiger partial charge in [-0.15, -0.1) is 5.10 Å². The van der Waals surface area contributed by atoms with Crippen molar-refractivity contribution < 1.29 is 4.79 Å². The normalized spacial score (nSPS) is 10.7. The average molecular weight is 404 g/mol. The number of nitrogens with one attached hydrogen (secondary N) is 1. The third kappa shape index (κ3) is 4.33. The molecule has 7 heteroatoms. The molecule has 0 atom stereocenters.